The number of β-amino-alcohol motifs (C(OH)–C–C–N with tert-alkyl or cyclic N) is 1. The van der Waals surface area contributed by atoms with Crippen molar-refractivity contribution >= 4 is 11.6 Å². The van der Waals surface area contributed by atoms with Crippen LogP contribution in [-0.4, -0.2) is 29.2 Å². The van der Waals surface area contributed by atoms with Gasteiger partial charge in [-0.25, -0.2) is 0 Å². The molecule has 1 fully saturated rings. The van der Waals surface area contributed by atoms with E-state index in [1.807, 2.05) is 13.0 Å². The van der Waals surface area contributed by atoms with Crippen LogP contribution < -0.4 is 0 Å². The van der Waals surface area contributed by atoms with Crippen molar-refractivity contribution in [3.05, 3.63) is 34.3 Å². The first-order chi connectivity index (χ1) is 7.15. The lowest BCUT2D eigenvalue weighted by Crippen LogP contribution is -2.21. The SMILES string of the molecule is Cc1ccc(CN2CC[C@H](O)C2)c(Cl)c1. The first kappa shape index (κ1) is 10.9. The molecule has 2 nitrogen and oxygen atoms in total. The van der Waals surface area contributed by atoms with Crippen LogP contribution in [0.15, 0.2) is 18.2 Å². The van der Waals surface area contributed by atoms with Crippen LogP contribution in [0.3, 0.4) is 0 Å². The highest BCUT2D eigenvalue weighted by Crippen LogP contribution is 2.21. The highest BCUT2D eigenvalue weighted by molar-refractivity contribution is 6.31. The lowest BCUT2D eigenvalue weighted by molar-refractivity contribution is 0.175. The van der Waals surface area contributed by atoms with Crippen molar-refractivity contribution in [2.24, 2.45) is 0 Å². The monoisotopic (exact) mass is 225 g/mol. The van der Waals surface area contributed by atoms with Gasteiger partial charge in [-0.3, -0.25) is 4.90 Å². The maximum absolute atomic E-state index is 9.42. The second-order valence-corrected chi connectivity index (χ2v) is 4.68. The molecule has 0 bridgehead atoms. The van der Waals surface area contributed by atoms with Crippen molar-refractivity contribution in [3.8, 4) is 0 Å². The van der Waals surface area contributed by atoms with E-state index in [9.17, 15) is 5.11 Å². The number of aliphatic hydroxyl groups is 1. The quantitative estimate of drug-likeness (QED) is 0.835. The number of benzene rings is 1. The summed E-state index contributed by atoms with van der Waals surface area (Å²) in [5.41, 5.74) is 2.33. The highest BCUT2D eigenvalue weighted by atomic mass is 35.5. The largest absolute Gasteiger partial charge is 0.392 e. The van der Waals surface area contributed by atoms with E-state index in [1.54, 1.807) is 0 Å². The van der Waals surface area contributed by atoms with Crippen LogP contribution in [0, 0.1) is 6.92 Å². The van der Waals surface area contributed by atoms with Crippen LogP contribution in [0.4, 0.5) is 0 Å². The number of rotatable bonds is 2. The van der Waals surface area contributed by atoms with Gasteiger partial charge in [0.25, 0.3) is 0 Å². The molecule has 0 aliphatic carbocycles. The van der Waals surface area contributed by atoms with Gasteiger partial charge >= 0.3 is 0 Å². The van der Waals surface area contributed by atoms with Crippen LogP contribution in [0.1, 0.15) is 17.5 Å². The minimum absolute atomic E-state index is 0.158. The smallest absolute Gasteiger partial charge is 0.0679 e. The number of hydrogen-bond acceptors (Lipinski definition) is 2. The minimum atomic E-state index is -0.158. The van der Waals surface area contributed by atoms with Gasteiger partial charge < -0.3 is 5.11 Å². The summed E-state index contributed by atoms with van der Waals surface area (Å²) in [6, 6.07) is 6.14. The maximum Gasteiger partial charge on any atom is 0.0679 e. The lowest BCUT2D eigenvalue weighted by Gasteiger charge is -2.16. The maximum atomic E-state index is 9.42. The van der Waals surface area contributed by atoms with Crippen molar-refractivity contribution in [2.45, 2.75) is 26.0 Å². The molecule has 3 heteroatoms. The van der Waals surface area contributed by atoms with E-state index >= 15 is 0 Å². The first-order valence-corrected chi connectivity index (χ1v) is 5.68. The van der Waals surface area contributed by atoms with E-state index in [0.717, 1.165) is 36.6 Å². The van der Waals surface area contributed by atoms with Gasteiger partial charge in [0.2, 0.25) is 0 Å². The number of nitrogens with zero attached hydrogens (tertiary/aromatic N) is 1. The fourth-order valence-corrected chi connectivity index (χ4v) is 2.27. The highest BCUT2D eigenvalue weighted by Gasteiger charge is 2.20. The summed E-state index contributed by atoms with van der Waals surface area (Å²) in [5, 5.41) is 10.2. The molecule has 15 heavy (non-hydrogen) atoms. The fraction of sp³-hybridized carbons (Fsp3) is 0.500. The zero-order valence-electron chi connectivity index (χ0n) is 8.91. The average molecular weight is 226 g/mol. The minimum Gasteiger partial charge on any atom is -0.392 e. The van der Waals surface area contributed by atoms with Crippen LogP contribution in [-0.2, 0) is 6.54 Å². The molecule has 1 N–H and O–H groups in total. The van der Waals surface area contributed by atoms with E-state index < -0.39 is 0 Å². The third kappa shape index (κ3) is 2.71. The van der Waals surface area contributed by atoms with Crippen LogP contribution in [0.5, 0.6) is 0 Å². The molecule has 1 heterocycles. The molecule has 1 aliphatic heterocycles. The third-order valence-corrected chi connectivity index (χ3v) is 3.20. The normalized spacial score (nSPS) is 22.2. The molecule has 2 rings (SSSR count). The Balaban J connectivity index is 2.04. The van der Waals surface area contributed by atoms with Gasteiger partial charge in [0.15, 0.2) is 0 Å². The summed E-state index contributed by atoms with van der Waals surface area (Å²) < 4.78 is 0. The van der Waals surface area contributed by atoms with Gasteiger partial charge in [-0.1, -0.05) is 23.7 Å². The van der Waals surface area contributed by atoms with E-state index in [1.165, 1.54) is 5.56 Å². The Bertz CT molecular complexity index is 353. The number of aliphatic hydroxyl groups excluding tert-OH is 1. The van der Waals surface area contributed by atoms with Gasteiger partial charge in [0.05, 0.1) is 6.10 Å². The fourth-order valence-electron chi connectivity index (χ4n) is 1.98. The summed E-state index contributed by atoms with van der Waals surface area (Å²) in [6.07, 6.45) is 0.720. The van der Waals surface area contributed by atoms with Gasteiger partial charge in [-0.2, -0.15) is 0 Å². The van der Waals surface area contributed by atoms with Crippen molar-refractivity contribution in [2.75, 3.05) is 13.1 Å². The molecule has 0 amide bonds. The molecule has 1 aliphatic rings. The van der Waals surface area contributed by atoms with E-state index in [2.05, 4.69) is 17.0 Å². The van der Waals surface area contributed by atoms with Crippen molar-refractivity contribution in [3.63, 3.8) is 0 Å². The predicted octanol–water partition coefficient (Wildman–Crippen LogP) is 2.22. The Kier molecular flexibility index (Phi) is 3.29. The summed E-state index contributed by atoms with van der Waals surface area (Å²) in [6.45, 7) is 4.61. The van der Waals surface area contributed by atoms with Gasteiger partial charge in [0, 0.05) is 24.7 Å². The number of hydrogen-bond donors (Lipinski definition) is 1. The Morgan fingerprint density at radius 2 is 2.33 bits per heavy atom. The molecule has 0 radical (unpaired) electrons. The second kappa shape index (κ2) is 4.52. The Morgan fingerprint density at radius 3 is 2.93 bits per heavy atom. The third-order valence-electron chi connectivity index (χ3n) is 2.85. The number of aryl methyl sites for hydroxylation is 1. The molecule has 82 valence electrons. The summed E-state index contributed by atoms with van der Waals surface area (Å²) in [5.74, 6) is 0. The Morgan fingerprint density at radius 1 is 1.53 bits per heavy atom. The van der Waals surface area contributed by atoms with Crippen molar-refractivity contribution in [1.82, 2.24) is 4.90 Å². The lowest BCUT2D eigenvalue weighted by atomic mass is 10.1. The predicted molar refractivity (Wildman–Crippen MR) is 62.1 cm³/mol. The van der Waals surface area contributed by atoms with Crippen LogP contribution in [0.25, 0.3) is 0 Å². The summed E-state index contributed by atoms with van der Waals surface area (Å²) >= 11 is 6.16. The molecule has 0 spiro atoms. The molecule has 1 aromatic carbocycles. The topological polar surface area (TPSA) is 23.5 Å². The Hall–Kier alpha value is -0.570. The number of likely N-dealkylation sites (tertiary alicyclic amines) is 1. The number of halogens is 1. The zero-order chi connectivity index (χ0) is 10.8. The van der Waals surface area contributed by atoms with Crippen molar-refractivity contribution < 1.29 is 5.11 Å². The molecule has 1 saturated heterocycles. The van der Waals surface area contributed by atoms with Crippen molar-refractivity contribution in [1.29, 1.82) is 0 Å². The van der Waals surface area contributed by atoms with Crippen LogP contribution >= 0.6 is 11.6 Å². The van der Waals surface area contributed by atoms with Gasteiger partial charge in [-0.15, -0.1) is 0 Å². The van der Waals surface area contributed by atoms with Gasteiger partial charge in [0.1, 0.15) is 0 Å². The van der Waals surface area contributed by atoms with Gasteiger partial charge in [-0.05, 0) is 30.5 Å². The zero-order valence-corrected chi connectivity index (χ0v) is 9.67. The Labute approximate surface area is 95.5 Å². The summed E-state index contributed by atoms with van der Waals surface area (Å²) in [4.78, 5) is 2.24. The standard InChI is InChI=1S/C12H16ClNO/c1-9-2-3-10(12(13)6-9)7-14-5-4-11(15)8-14/h2-3,6,11,15H,4-5,7-8H2,1H3/t11-/m0/s1. The van der Waals surface area contributed by atoms with E-state index in [-0.39, 0.29) is 6.10 Å². The second-order valence-electron chi connectivity index (χ2n) is 4.27. The molecular weight excluding hydrogens is 210 g/mol. The molecular formula is C12H16ClNO. The van der Waals surface area contributed by atoms with E-state index in [4.69, 9.17) is 11.6 Å². The molecule has 1 atom stereocenters. The summed E-state index contributed by atoms with van der Waals surface area (Å²) in [7, 11) is 0. The molecule has 0 unspecified atom stereocenters. The first-order valence-electron chi connectivity index (χ1n) is 5.30. The molecule has 1 aromatic rings. The van der Waals surface area contributed by atoms with Crippen LogP contribution in [0.2, 0.25) is 5.02 Å². The molecule has 0 saturated carbocycles. The molecule has 0 aromatic heterocycles. The average Bonchev–Trinajstić information content (AvgIpc) is 2.56. The van der Waals surface area contributed by atoms with E-state index in [0.29, 0.717) is 0 Å².